The number of rotatable bonds is 7. The highest BCUT2D eigenvalue weighted by atomic mass is 14.4. The van der Waals surface area contributed by atoms with E-state index in [0.29, 0.717) is 0 Å². The van der Waals surface area contributed by atoms with Gasteiger partial charge in [-0.1, -0.05) is 167 Å². The molecule has 252 valence electrons. The summed E-state index contributed by atoms with van der Waals surface area (Å²) in [6, 6.07) is 54.3. The molecule has 0 radical (unpaired) electrons. The van der Waals surface area contributed by atoms with Gasteiger partial charge >= 0.3 is 0 Å². The molecule has 0 heterocycles. The van der Waals surface area contributed by atoms with Crippen molar-refractivity contribution in [1.82, 2.24) is 0 Å². The predicted octanol–water partition coefficient (Wildman–Crippen LogP) is 14.9. The van der Waals surface area contributed by atoms with Crippen LogP contribution in [0, 0.1) is 0 Å². The van der Waals surface area contributed by atoms with Crippen LogP contribution in [0.2, 0.25) is 0 Å². The van der Waals surface area contributed by atoms with E-state index in [0.717, 1.165) is 11.1 Å². The van der Waals surface area contributed by atoms with E-state index in [2.05, 4.69) is 185 Å². The molecule has 8 aromatic rings. The maximum Gasteiger partial charge on any atom is 0.0159 e. The van der Waals surface area contributed by atoms with Gasteiger partial charge < -0.3 is 0 Å². The maximum absolute atomic E-state index is 3.89. The summed E-state index contributed by atoms with van der Waals surface area (Å²) in [4.78, 5) is 0. The Bertz CT molecular complexity index is 2840. The smallest absolute Gasteiger partial charge is 0.0159 e. The topological polar surface area (TPSA) is 0 Å². The summed E-state index contributed by atoms with van der Waals surface area (Å²) in [6.07, 6.45) is 11.9. The van der Waals surface area contributed by atoms with Crippen molar-refractivity contribution in [3.8, 4) is 44.5 Å². The Morgan fingerprint density at radius 2 is 1.00 bits per heavy atom. The zero-order valence-corrected chi connectivity index (χ0v) is 30.2. The fraction of sp³-hybridized carbons (Fsp3) is 0.0566. The monoisotopic (exact) mass is 676 g/mol. The summed E-state index contributed by atoms with van der Waals surface area (Å²) < 4.78 is 0. The van der Waals surface area contributed by atoms with Crippen molar-refractivity contribution in [1.29, 1.82) is 0 Å². The Labute approximate surface area is 312 Å². The van der Waals surface area contributed by atoms with E-state index >= 15 is 0 Å². The highest BCUT2D eigenvalue weighted by molar-refractivity contribution is 6.15. The summed E-state index contributed by atoms with van der Waals surface area (Å²) >= 11 is 0. The zero-order chi connectivity index (χ0) is 36.1. The van der Waals surface area contributed by atoms with Crippen molar-refractivity contribution in [2.75, 3.05) is 0 Å². The first-order chi connectivity index (χ1) is 25.9. The number of hydrogen-bond acceptors (Lipinski definition) is 0. The van der Waals surface area contributed by atoms with Crippen molar-refractivity contribution in [2.24, 2.45) is 0 Å². The van der Waals surface area contributed by atoms with Gasteiger partial charge in [-0.15, -0.1) is 0 Å². The van der Waals surface area contributed by atoms with Gasteiger partial charge in [0.25, 0.3) is 0 Å². The standard InChI is InChI=1S/C53H40/c1-5-7-14-36-31-44-33-49(45-18-9-10-19-46(45)50(44)32-38(36)15-8-6-2)42-17-13-16-37(28-42)39-24-22-35-23-25-40(30-43(35)29-39)41-26-27-48-47-20-11-12-21-51(47)53(3,4)52(48)34-41/h5-34H,1-2H2,3-4H3. The van der Waals surface area contributed by atoms with E-state index in [4.69, 9.17) is 0 Å². The van der Waals surface area contributed by atoms with E-state index in [-0.39, 0.29) is 5.41 Å². The third-order valence-electron chi connectivity index (χ3n) is 11.2. The van der Waals surface area contributed by atoms with Gasteiger partial charge in [0.15, 0.2) is 0 Å². The van der Waals surface area contributed by atoms with Crippen molar-refractivity contribution < 1.29 is 0 Å². The molecule has 0 saturated heterocycles. The van der Waals surface area contributed by atoms with Crippen molar-refractivity contribution >= 4 is 44.5 Å². The first-order valence-corrected chi connectivity index (χ1v) is 18.4. The number of allylic oxidation sites excluding steroid dienone is 4. The SMILES string of the molecule is C=CC=Cc1cc2cc(-c3cccc(-c4ccc5ccc(-c6ccc7c(c6)C(C)(C)c6ccccc6-7)cc5c4)c3)c3ccccc3c2cc1C=CC=C. The molecule has 9 rings (SSSR count). The van der Waals surface area contributed by atoms with Crippen LogP contribution in [0.3, 0.4) is 0 Å². The van der Waals surface area contributed by atoms with Crippen LogP contribution in [-0.2, 0) is 5.41 Å². The number of fused-ring (bicyclic) bond motifs is 7. The Kier molecular flexibility index (Phi) is 7.90. The first-order valence-electron chi connectivity index (χ1n) is 18.4. The minimum Gasteiger partial charge on any atom is -0.0991 e. The van der Waals surface area contributed by atoms with Crippen LogP contribution in [-0.4, -0.2) is 0 Å². The van der Waals surface area contributed by atoms with Crippen molar-refractivity contribution in [2.45, 2.75) is 19.3 Å². The van der Waals surface area contributed by atoms with Crippen LogP contribution < -0.4 is 0 Å². The van der Waals surface area contributed by atoms with Crippen molar-refractivity contribution in [3.63, 3.8) is 0 Å². The molecule has 0 heteroatoms. The zero-order valence-electron chi connectivity index (χ0n) is 30.2. The highest BCUT2D eigenvalue weighted by Gasteiger charge is 2.35. The summed E-state index contributed by atoms with van der Waals surface area (Å²) in [7, 11) is 0. The van der Waals surface area contributed by atoms with Gasteiger partial charge in [-0.2, -0.15) is 0 Å². The first kappa shape index (κ1) is 32.4. The lowest BCUT2D eigenvalue weighted by atomic mass is 9.81. The molecule has 0 aromatic heterocycles. The van der Waals surface area contributed by atoms with Gasteiger partial charge in [0.2, 0.25) is 0 Å². The number of hydrogen-bond donors (Lipinski definition) is 0. The average Bonchev–Trinajstić information content (AvgIpc) is 3.43. The molecule has 0 N–H and O–H groups in total. The van der Waals surface area contributed by atoms with E-state index in [1.54, 1.807) is 0 Å². The lowest BCUT2D eigenvalue weighted by Gasteiger charge is -2.22. The highest BCUT2D eigenvalue weighted by Crippen LogP contribution is 2.49. The Balaban J connectivity index is 1.12. The molecule has 0 unspecified atom stereocenters. The van der Waals surface area contributed by atoms with Crippen LogP contribution in [0.4, 0.5) is 0 Å². The van der Waals surface area contributed by atoms with Gasteiger partial charge in [0.05, 0.1) is 0 Å². The molecule has 0 fully saturated rings. The van der Waals surface area contributed by atoms with E-state index in [9.17, 15) is 0 Å². The van der Waals surface area contributed by atoms with Gasteiger partial charge in [-0.3, -0.25) is 0 Å². The van der Waals surface area contributed by atoms with E-state index < -0.39 is 0 Å². The molecular weight excluding hydrogens is 637 g/mol. The Hall–Kier alpha value is -6.50. The molecule has 8 aromatic carbocycles. The van der Waals surface area contributed by atoms with E-state index in [1.165, 1.54) is 88.0 Å². The summed E-state index contributed by atoms with van der Waals surface area (Å²) in [5.74, 6) is 0. The average molecular weight is 677 g/mol. The largest absolute Gasteiger partial charge is 0.0991 e. The predicted molar refractivity (Wildman–Crippen MR) is 231 cm³/mol. The van der Waals surface area contributed by atoms with Gasteiger partial charge in [0.1, 0.15) is 0 Å². The molecule has 0 nitrogen and oxygen atoms in total. The second-order valence-corrected chi connectivity index (χ2v) is 14.7. The minimum atomic E-state index is -0.0239. The molecule has 1 aliphatic carbocycles. The third kappa shape index (κ3) is 5.55. The second kappa shape index (κ2) is 12.9. The van der Waals surface area contributed by atoms with Crippen LogP contribution in [0.25, 0.3) is 89.0 Å². The molecule has 0 saturated carbocycles. The molecule has 0 aliphatic heterocycles. The van der Waals surface area contributed by atoms with Gasteiger partial charge in [0, 0.05) is 5.41 Å². The molecule has 0 amide bonds. The Morgan fingerprint density at radius 1 is 0.396 bits per heavy atom. The van der Waals surface area contributed by atoms with Gasteiger partial charge in [-0.25, -0.2) is 0 Å². The summed E-state index contributed by atoms with van der Waals surface area (Å²) in [5, 5.41) is 7.42. The van der Waals surface area contributed by atoms with Crippen LogP contribution in [0.15, 0.2) is 183 Å². The van der Waals surface area contributed by atoms with Gasteiger partial charge in [-0.05, 0) is 142 Å². The molecule has 0 spiro atoms. The fourth-order valence-electron chi connectivity index (χ4n) is 8.42. The molecule has 53 heavy (non-hydrogen) atoms. The quantitative estimate of drug-likeness (QED) is 0.116. The molecule has 0 atom stereocenters. The lowest BCUT2D eigenvalue weighted by molar-refractivity contribution is 0.660. The van der Waals surface area contributed by atoms with Crippen LogP contribution in [0.1, 0.15) is 36.1 Å². The summed E-state index contributed by atoms with van der Waals surface area (Å²) in [5.41, 5.74) is 15.1. The molecule has 1 aliphatic rings. The number of benzene rings is 8. The van der Waals surface area contributed by atoms with Crippen LogP contribution in [0.5, 0.6) is 0 Å². The van der Waals surface area contributed by atoms with Crippen molar-refractivity contribution in [3.05, 3.63) is 205 Å². The Morgan fingerprint density at radius 3 is 1.75 bits per heavy atom. The minimum absolute atomic E-state index is 0.0239. The maximum atomic E-state index is 3.89. The third-order valence-corrected chi connectivity index (χ3v) is 11.2. The molecular formula is C53H40. The lowest BCUT2D eigenvalue weighted by Crippen LogP contribution is -2.14. The normalized spacial score (nSPS) is 13.2. The summed E-state index contributed by atoms with van der Waals surface area (Å²) in [6.45, 7) is 12.5. The van der Waals surface area contributed by atoms with E-state index in [1.807, 2.05) is 24.3 Å². The molecule has 0 bridgehead atoms. The second-order valence-electron chi connectivity index (χ2n) is 14.7. The van der Waals surface area contributed by atoms with Crippen LogP contribution >= 0.6 is 0 Å². The fourth-order valence-corrected chi connectivity index (χ4v) is 8.42.